The van der Waals surface area contributed by atoms with Gasteiger partial charge in [-0.3, -0.25) is 0 Å². The molecule has 2 rings (SSSR count). The van der Waals surface area contributed by atoms with E-state index in [0.717, 1.165) is 5.56 Å². The van der Waals surface area contributed by atoms with Gasteiger partial charge in [-0.05, 0) is 17.2 Å². The summed E-state index contributed by atoms with van der Waals surface area (Å²) in [4.78, 5) is 11.5. The number of carbonyl (C=O) groups is 1. The third-order valence-electron chi connectivity index (χ3n) is 2.88. The Hall–Kier alpha value is -2.46. The van der Waals surface area contributed by atoms with Crippen LogP contribution in [0, 0.1) is 0 Å². The zero-order valence-corrected chi connectivity index (χ0v) is 12.6. The molecule has 0 bridgehead atoms. The van der Waals surface area contributed by atoms with Crippen LogP contribution >= 0.6 is 11.6 Å². The third-order valence-corrected chi connectivity index (χ3v) is 3.29. The third kappa shape index (κ3) is 4.82. The van der Waals surface area contributed by atoms with Crippen LogP contribution in [0.4, 0.5) is 4.79 Å². The van der Waals surface area contributed by atoms with Crippen LogP contribution in [0.25, 0.3) is 6.08 Å². The molecule has 0 fully saturated rings. The Labute approximate surface area is 134 Å². The summed E-state index contributed by atoms with van der Waals surface area (Å²) in [5.41, 5.74) is 1.61. The number of amides is 1. The van der Waals surface area contributed by atoms with Gasteiger partial charge in [0.2, 0.25) is 0 Å². The SMILES string of the molecule is O=C(NCC=Cc1cccc(O)c1Cl)OCc1ccccc1. The van der Waals surface area contributed by atoms with E-state index in [1.807, 2.05) is 30.3 Å². The van der Waals surface area contributed by atoms with E-state index < -0.39 is 6.09 Å². The number of alkyl carbamates (subject to hydrolysis) is 1. The van der Waals surface area contributed by atoms with E-state index >= 15 is 0 Å². The van der Waals surface area contributed by atoms with Crippen LogP contribution in [0.1, 0.15) is 11.1 Å². The molecule has 22 heavy (non-hydrogen) atoms. The topological polar surface area (TPSA) is 58.6 Å². The number of phenolic OH excluding ortho intramolecular Hbond substituents is 1. The van der Waals surface area contributed by atoms with Crippen LogP contribution in [-0.2, 0) is 11.3 Å². The largest absolute Gasteiger partial charge is 0.506 e. The molecule has 0 aromatic heterocycles. The minimum Gasteiger partial charge on any atom is -0.506 e. The van der Waals surface area contributed by atoms with Crippen LogP contribution < -0.4 is 5.32 Å². The van der Waals surface area contributed by atoms with Crippen LogP contribution in [0.3, 0.4) is 0 Å². The second-order valence-corrected chi connectivity index (χ2v) is 4.90. The van der Waals surface area contributed by atoms with Crippen molar-refractivity contribution in [2.45, 2.75) is 6.61 Å². The van der Waals surface area contributed by atoms with Gasteiger partial charge in [0.15, 0.2) is 0 Å². The summed E-state index contributed by atoms with van der Waals surface area (Å²) in [5, 5.41) is 12.4. The molecule has 114 valence electrons. The van der Waals surface area contributed by atoms with E-state index in [9.17, 15) is 9.90 Å². The van der Waals surface area contributed by atoms with Gasteiger partial charge in [0.1, 0.15) is 12.4 Å². The van der Waals surface area contributed by atoms with Gasteiger partial charge in [0.05, 0.1) is 5.02 Å². The van der Waals surface area contributed by atoms with Gasteiger partial charge in [-0.25, -0.2) is 4.79 Å². The molecular weight excluding hydrogens is 302 g/mol. The van der Waals surface area contributed by atoms with E-state index in [4.69, 9.17) is 16.3 Å². The number of hydrogen-bond donors (Lipinski definition) is 2. The zero-order chi connectivity index (χ0) is 15.8. The molecule has 2 aromatic rings. The fraction of sp³-hybridized carbons (Fsp3) is 0.118. The average Bonchev–Trinajstić information content (AvgIpc) is 2.54. The summed E-state index contributed by atoms with van der Waals surface area (Å²) >= 11 is 5.94. The highest BCUT2D eigenvalue weighted by Gasteiger charge is 2.02. The van der Waals surface area contributed by atoms with Gasteiger partial charge in [-0.15, -0.1) is 0 Å². The number of carbonyl (C=O) groups excluding carboxylic acids is 1. The highest BCUT2D eigenvalue weighted by atomic mass is 35.5. The number of hydrogen-bond acceptors (Lipinski definition) is 3. The number of nitrogens with one attached hydrogen (secondary N) is 1. The highest BCUT2D eigenvalue weighted by molar-refractivity contribution is 6.33. The molecule has 2 aromatic carbocycles. The van der Waals surface area contributed by atoms with Gasteiger partial charge in [-0.1, -0.05) is 66.2 Å². The lowest BCUT2D eigenvalue weighted by atomic mass is 10.2. The Morgan fingerprint density at radius 1 is 1.18 bits per heavy atom. The van der Waals surface area contributed by atoms with Gasteiger partial charge >= 0.3 is 6.09 Å². The molecular formula is C17H16ClNO3. The standard InChI is InChI=1S/C17H16ClNO3/c18-16-14(8-4-10-15(16)20)9-5-11-19-17(21)22-12-13-6-2-1-3-7-13/h1-10,20H,11-12H2,(H,19,21). The summed E-state index contributed by atoms with van der Waals surface area (Å²) in [6.45, 7) is 0.536. The highest BCUT2D eigenvalue weighted by Crippen LogP contribution is 2.27. The normalized spacial score (nSPS) is 10.6. The fourth-order valence-electron chi connectivity index (χ4n) is 1.77. The molecule has 0 saturated carbocycles. The molecule has 0 aliphatic heterocycles. The first-order valence-corrected chi connectivity index (χ1v) is 7.13. The van der Waals surface area contributed by atoms with Crippen LogP contribution in [0.15, 0.2) is 54.6 Å². The summed E-state index contributed by atoms with van der Waals surface area (Å²) in [6.07, 6.45) is 2.96. The van der Waals surface area contributed by atoms with Gasteiger partial charge in [-0.2, -0.15) is 0 Å². The first-order chi connectivity index (χ1) is 10.7. The lowest BCUT2D eigenvalue weighted by Gasteiger charge is -2.05. The lowest BCUT2D eigenvalue weighted by molar-refractivity contribution is 0.141. The molecule has 0 radical (unpaired) electrons. The van der Waals surface area contributed by atoms with Crippen molar-refractivity contribution in [3.05, 3.63) is 70.8 Å². The summed E-state index contributed by atoms with van der Waals surface area (Å²) < 4.78 is 5.07. The van der Waals surface area contributed by atoms with Crippen molar-refractivity contribution in [3.8, 4) is 5.75 Å². The lowest BCUT2D eigenvalue weighted by Crippen LogP contribution is -2.24. The Balaban J connectivity index is 1.75. The molecule has 0 unspecified atom stereocenters. The van der Waals surface area contributed by atoms with Crippen LogP contribution in [-0.4, -0.2) is 17.7 Å². The molecule has 5 heteroatoms. The first kappa shape index (κ1) is 15.9. The zero-order valence-electron chi connectivity index (χ0n) is 11.8. The molecule has 1 amide bonds. The second kappa shape index (κ2) is 8.10. The minimum atomic E-state index is -0.490. The second-order valence-electron chi connectivity index (χ2n) is 4.53. The summed E-state index contributed by atoms with van der Waals surface area (Å²) in [6, 6.07) is 14.4. The molecule has 0 heterocycles. The molecule has 4 nitrogen and oxygen atoms in total. The Bertz CT molecular complexity index is 656. The predicted octanol–water partition coefficient (Wildman–Crippen LogP) is 3.99. The Morgan fingerprint density at radius 3 is 2.73 bits per heavy atom. The fourth-order valence-corrected chi connectivity index (χ4v) is 1.96. The van der Waals surface area contributed by atoms with Crippen molar-refractivity contribution in [2.75, 3.05) is 6.54 Å². The Morgan fingerprint density at radius 2 is 1.95 bits per heavy atom. The number of rotatable bonds is 5. The molecule has 0 aliphatic rings. The monoisotopic (exact) mass is 317 g/mol. The van der Waals surface area contributed by atoms with Crippen LogP contribution in [0.5, 0.6) is 5.75 Å². The summed E-state index contributed by atoms with van der Waals surface area (Å²) in [5.74, 6) is 0.0269. The van der Waals surface area contributed by atoms with E-state index in [1.165, 1.54) is 6.07 Å². The van der Waals surface area contributed by atoms with E-state index in [2.05, 4.69) is 5.32 Å². The molecule has 0 aliphatic carbocycles. The van der Waals surface area contributed by atoms with Crippen LogP contribution in [0.2, 0.25) is 5.02 Å². The average molecular weight is 318 g/mol. The van der Waals surface area contributed by atoms with Crippen molar-refractivity contribution in [1.82, 2.24) is 5.32 Å². The number of halogens is 1. The number of aromatic hydroxyl groups is 1. The maximum Gasteiger partial charge on any atom is 0.407 e. The van der Waals surface area contributed by atoms with E-state index in [1.54, 1.807) is 24.3 Å². The van der Waals surface area contributed by atoms with Crippen molar-refractivity contribution in [1.29, 1.82) is 0 Å². The molecule has 2 N–H and O–H groups in total. The van der Waals surface area contributed by atoms with E-state index in [0.29, 0.717) is 12.1 Å². The van der Waals surface area contributed by atoms with Gasteiger partial charge < -0.3 is 15.2 Å². The maximum absolute atomic E-state index is 11.5. The van der Waals surface area contributed by atoms with Gasteiger partial charge in [0, 0.05) is 6.54 Å². The maximum atomic E-state index is 11.5. The van der Waals surface area contributed by atoms with Crippen molar-refractivity contribution in [2.24, 2.45) is 0 Å². The first-order valence-electron chi connectivity index (χ1n) is 6.75. The number of ether oxygens (including phenoxy) is 1. The quantitative estimate of drug-likeness (QED) is 0.876. The smallest absolute Gasteiger partial charge is 0.407 e. The van der Waals surface area contributed by atoms with Crippen molar-refractivity contribution in [3.63, 3.8) is 0 Å². The number of phenols is 1. The number of benzene rings is 2. The summed E-state index contributed by atoms with van der Waals surface area (Å²) in [7, 11) is 0. The van der Waals surface area contributed by atoms with Crippen molar-refractivity contribution >= 4 is 23.8 Å². The molecule has 0 spiro atoms. The predicted molar refractivity (Wildman–Crippen MR) is 86.8 cm³/mol. The Kier molecular flexibility index (Phi) is 5.86. The van der Waals surface area contributed by atoms with Gasteiger partial charge in [0.25, 0.3) is 0 Å². The molecule has 0 atom stereocenters. The van der Waals surface area contributed by atoms with E-state index in [-0.39, 0.29) is 17.4 Å². The molecule has 0 saturated heterocycles. The minimum absolute atomic E-state index is 0.0269. The van der Waals surface area contributed by atoms with Crippen molar-refractivity contribution < 1.29 is 14.6 Å².